The van der Waals surface area contributed by atoms with Gasteiger partial charge in [-0.05, 0) is 31.5 Å². The second-order valence-electron chi connectivity index (χ2n) is 3.94. The Hall–Kier alpha value is -1.96. The van der Waals surface area contributed by atoms with Crippen LogP contribution in [0.1, 0.15) is 24.5 Å². The van der Waals surface area contributed by atoms with Gasteiger partial charge >= 0.3 is 6.18 Å². The van der Waals surface area contributed by atoms with Crippen LogP contribution >= 0.6 is 0 Å². The molecule has 0 amide bonds. The maximum atomic E-state index is 12.7. The van der Waals surface area contributed by atoms with Crippen LogP contribution in [0.3, 0.4) is 0 Å². The third kappa shape index (κ3) is 3.52. The zero-order chi connectivity index (χ0) is 13.8. The molecule has 1 aromatic carbocycles. The van der Waals surface area contributed by atoms with Crippen LogP contribution in [0, 0.1) is 11.3 Å². The number of anilines is 1. The molecule has 0 aliphatic rings. The summed E-state index contributed by atoms with van der Waals surface area (Å²) < 4.78 is 38.1. The molecule has 1 N–H and O–H groups in total. The quantitative estimate of drug-likeness (QED) is 0.826. The van der Waals surface area contributed by atoms with Crippen molar-refractivity contribution < 1.29 is 13.2 Å². The minimum absolute atomic E-state index is 0.0171. The highest BCUT2D eigenvalue weighted by Gasteiger charge is 2.33. The Morgan fingerprint density at radius 2 is 2.17 bits per heavy atom. The maximum Gasteiger partial charge on any atom is 0.417 e. The monoisotopic (exact) mass is 254 g/mol. The predicted octanol–water partition coefficient (Wildman–Crippen LogP) is 3.95. The van der Waals surface area contributed by atoms with Crippen LogP contribution in [0.25, 0.3) is 0 Å². The molecule has 5 heteroatoms. The van der Waals surface area contributed by atoms with Gasteiger partial charge in [0.25, 0.3) is 0 Å². The zero-order valence-electron chi connectivity index (χ0n) is 9.88. The SMILES string of the molecule is C=CCC(C)Nc1ccc(C#N)c(C(F)(F)F)c1. The molecule has 2 nitrogen and oxygen atoms in total. The summed E-state index contributed by atoms with van der Waals surface area (Å²) in [5.41, 5.74) is -0.944. The Labute approximate surface area is 104 Å². The fraction of sp³-hybridized carbons (Fsp3) is 0.308. The first-order valence-corrected chi connectivity index (χ1v) is 5.37. The van der Waals surface area contributed by atoms with E-state index < -0.39 is 11.7 Å². The number of alkyl halides is 3. The van der Waals surface area contributed by atoms with Crippen LogP contribution in [0.15, 0.2) is 30.9 Å². The van der Waals surface area contributed by atoms with E-state index in [1.54, 1.807) is 12.1 Å². The van der Waals surface area contributed by atoms with Crippen molar-refractivity contribution in [1.29, 1.82) is 5.26 Å². The molecule has 0 heterocycles. The highest BCUT2D eigenvalue weighted by molar-refractivity contribution is 5.53. The van der Waals surface area contributed by atoms with Crippen LogP contribution in [0.2, 0.25) is 0 Å². The molecule has 1 aromatic rings. The van der Waals surface area contributed by atoms with Gasteiger partial charge in [0, 0.05) is 11.7 Å². The Balaban J connectivity index is 3.04. The number of hydrogen-bond donors (Lipinski definition) is 1. The van der Waals surface area contributed by atoms with Gasteiger partial charge in [-0.1, -0.05) is 6.08 Å². The number of nitriles is 1. The summed E-state index contributed by atoms with van der Waals surface area (Å²) >= 11 is 0. The second-order valence-corrected chi connectivity index (χ2v) is 3.94. The standard InChI is InChI=1S/C13H13F3N2/c1-3-4-9(2)18-11-6-5-10(8-17)12(7-11)13(14,15)16/h3,5-7,9,18H,1,4H2,2H3. The third-order valence-electron chi connectivity index (χ3n) is 2.38. The zero-order valence-corrected chi connectivity index (χ0v) is 9.88. The minimum Gasteiger partial charge on any atom is -0.382 e. The van der Waals surface area contributed by atoms with Gasteiger partial charge in [0.1, 0.15) is 0 Å². The summed E-state index contributed by atoms with van der Waals surface area (Å²) in [6.07, 6.45) is -2.20. The average molecular weight is 254 g/mol. The summed E-state index contributed by atoms with van der Waals surface area (Å²) in [5, 5.41) is 11.6. The molecule has 18 heavy (non-hydrogen) atoms. The van der Waals surface area contributed by atoms with E-state index in [2.05, 4.69) is 11.9 Å². The van der Waals surface area contributed by atoms with Crippen molar-refractivity contribution in [2.24, 2.45) is 0 Å². The minimum atomic E-state index is -4.52. The van der Waals surface area contributed by atoms with Gasteiger partial charge < -0.3 is 5.32 Å². The fourth-order valence-corrected chi connectivity index (χ4v) is 1.56. The highest BCUT2D eigenvalue weighted by Crippen LogP contribution is 2.33. The second kappa shape index (κ2) is 5.58. The van der Waals surface area contributed by atoms with Crippen molar-refractivity contribution in [1.82, 2.24) is 0 Å². The van der Waals surface area contributed by atoms with E-state index in [0.717, 1.165) is 6.07 Å². The Bertz CT molecular complexity index is 472. The van der Waals surface area contributed by atoms with E-state index in [1.165, 1.54) is 12.1 Å². The topological polar surface area (TPSA) is 35.8 Å². The van der Waals surface area contributed by atoms with Gasteiger partial charge in [-0.3, -0.25) is 0 Å². The fourth-order valence-electron chi connectivity index (χ4n) is 1.56. The van der Waals surface area contributed by atoms with Crippen LogP contribution < -0.4 is 5.32 Å². The largest absolute Gasteiger partial charge is 0.417 e. The number of halogens is 3. The molecule has 0 spiro atoms. The molecule has 1 unspecified atom stereocenters. The van der Waals surface area contributed by atoms with E-state index in [0.29, 0.717) is 12.1 Å². The smallest absolute Gasteiger partial charge is 0.382 e. The molecule has 96 valence electrons. The molecule has 1 atom stereocenters. The van der Waals surface area contributed by atoms with Crippen molar-refractivity contribution >= 4 is 5.69 Å². The average Bonchev–Trinajstić information content (AvgIpc) is 2.28. The molecule has 0 saturated carbocycles. The molecule has 0 bridgehead atoms. The molecule has 0 radical (unpaired) electrons. The van der Waals surface area contributed by atoms with Crippen molar-refractivity contribution in [2.45, 2.75) is 25.6 Å². The molecule has 0 aromatic heterocycles. The van der Waals surface area contributed by atoms with E-state index in [1.807, 2.05) is 6.92 Å². The van der Waals surface area contributed by atoms with Crippen LogP contribution in [-0.4, -0.2) is 6.04 Å². The van der Waals surface area contributed by atoms with E-state index in [9.17, 15) is 13.2 Å². The van der Waals surface area contributed by atoms with Crippen molar-refractivity contribution in [3.63, 3.8) is 0 Å². The van der Waals surface area contributed by atoms with Crippen LogP contribution in [-0.2, 0) is 6.18 Å². The van der Waals surface area contributed by atoms with Crippen molar-refractivity contribution in [3.05, 3.63) is 42.0 Å². The highest BCUT2D eigenvalue weighted by atomic mass is 19.4. The maximum absolute atomic E-state index is 12.7. The molecular weight excluding hydrogens is 241 g/mol. The van der Waals surface area contributed by atoms with Gasteiger partial charge in [0.05, 0.1) is 17.2 Å². The molecule has 0 saturated heterocycles. The normalized spacial score (nSPS) is 12.6. The summed E-state index contributed by atoms with van der Waals surface area (Å²) in [7, 11) is 0. The van der Waals surface area contributed by atoms with Gasteiger partial charge in [-0.2, -0.15) is 18.4 Å². The van der Waals surface area contributed by atoms with Gasteiger partial charge in [0.2, 0.25) is 0 Å². The van der Waals surface area contributed by atoms with Gasteiger partial charge in [-0.25, -0.2) is 0 Å². The first-order valence-electron chi connectivity index (χ1n) is 5.37. The Morgan fingerprint density at radius 1 is 1.50 bits per heavy atom. The number of rotatable bonds is 4. The Kier molecular flexibility index (Phi) is 4.38. The van der Waals surface area contributed by atoms with Gasteiger partial charge in [0.15, 0.2) is 0 Å². The Morgan fingerprint density at radius 3 is 2.67 bits per heavy atom. The molecule has 1 rings (SSSR count). The summed E-state index contributed by atoms with van der Waals surface area (Å²) in [4.78, 5) is 0. The first-order chi connectivity index (χ1) is 8.38. The predicted molar refractivity (Wildman–Crippen MR) is 64.1 cm³/mol. The summed E-state index contributed by atoms with van der Waals surface area (Å²) in [5.74, 6) is 0. The number of nitrogens with zero attached hydrogens (tertiary/aromatic N) is 1. The molecule has 0 aliphatic carbocycles. The summed E-state index contributed by atoms with van der Waals surface area (Å²) in [6, 6.07) is 5.12. The lowest BCUT2D eigenvalue weighted by atomic mass is 10.1. The van der Waals surface area contributed by atoms with Crippen molar-refractivity contribution in [3.8, 4) is 6.07 Å². The molecule has 0 fully saturated rings. The van der Waals surface area contributed by atoms with Crippen LogP contribution in [0.4, 0.5) is 18.9 Å². The van der Waals surface area contributed by atoms with E-state index >= 15 is 0 Å². The summed E-state index contributed by atoms with van der Waals surface area (Å²) in [6.45, 7) is 5.40. The lowest BCUT2D eigenvalue weighted by molar-refractivity contribution is -0.137. The van der Waals surface area contributed by atoms with Crippen molar-refractivity contribution in [2.75, 3.05) is 5.32 Å². The molecular formula is C13H13F3N2. The first kappa shape index (κ1) is 14.1. The lowest BCUT2D eigenvalue weighted by Crippen LogP contribution is -2.15. The van der Waals surface area contributed by atoms with Gasteiger partial charge in [-0.15, -0.1) is 6.58 Å². The third-order valence-corrected chi connectivity index (χ3v) is 2.38. The lowest BCUT2D eigenvalue weighted by Gasteiger charge is -2.16. The van der Waals surface area contributed by atoms with Crippen LogP contribution in [0.5, 0.6) is 0 Å². The number of nitrogens with one attached hydrogen (secondary N) is 1. The van der Waals surface area contributed by atoms with E-state index in [4.69, 9.17) is 5.26 Å². The number of hydrogen-bond acceptors (Lipinski definition) is 2. The number of benzene rings is 1. The molecule has 0 aliphatic heterocycles. The van der Waals surface area contributed by atoms with E-state index in [-0.39, 0.29) is 11.6 Å².